The second kappa shape index (κ2) is 7.41. The topological polar surface area (TPSA) is 0 Å². The van der Waals surface area contributed by atoms with Gasteiger partial charge in [0.15, 0.2) is 0 Å². The van der Waals surface area contributed by atoms with Gasteiger partial charge in [0.25, 0.3) is 0 Å². The maximum Gasteiger partial charge on any atom is -0.000763 e. The van der Waals surface area contributed by atoms with E-state index in [0.29, 0.717) is 0 Å². The van der Waals surface area contributed by atoms with Crippen LogP contribution in [0.1, 0.15) is 0 Å². The zero-order valence-electron chi connectivity index (χ0n) is 19.7. The Hall–Kier alpha value is -4.68. The van der Waals surface area contributed by atoms with Crippen molar-refractivity contribution in [1.29, 1.82) is 0 Å². The van der Waals surface area contributed by atoms with Crippen LogP contribution in [0.25, 0.3) is 76.1 Å². The summed E-state index contributed by atoms with van der Waals surface area (Å²) in [5, 5.41) is 13.3. The molecule has 0 atom stereocenters. The molecule has 8 aromatic rings. The Kier molecular flexibility index (Phi) is 4.03. The summed E-state index contributed by atoms with van der Waals surface area (Å²) in [4.78, 5) is 0. The number of benzene rings is 8. The van der Waals surface area contributed by atoms with Crippen LogP contribution < -0.4 is 0 Å². The minimum absolute atomic E-state index is 1.26. The molecule has 8 aromatic carbocycles. The summed E-state index contributed by atoms with van der Waals surface area (Å²) in [6, 6.07) is 48.9. The van der Waals surface area contributed by atoms with E-state index in [1.54, 1.807) is 0 Å². The van der Waals surface area contributed by atoms with Crippen molar-refractivity contribution in [2.24, 2.45) is 0 Å². The quantitative estimate of drug-likeness (QED) is 0.180. The summed E-state index contributed by atoms with van der Waals surface area (Å²) >= 11 is 0. The molecule has 0 heteroatoms. The van der Waals surface area contributed by atoms with Crippen LogP contribution in [0.5, 0.6) is 0 Å². The molecule has 0 aliphatic rings. The fraction of sp³-hybridized carbons (Fsp3) is 0. The van der Waals surface area contributed by atoms with Gasteiger partial charge in [-0.15, -0.1) is 0 Å². The minimum atomic E-state index is 1.26. The average molecular weight is 455 g/mol. The van der Waals surface area contributed by atoms with Crippen molar-refractivity contribution in [2.75, 3.05) is 0 Å². The molecular formula is C36H22. The Morgan fingerprint density at radius 1 is 0.250 bits per heavy atom. The standard InChI is InChI=1S/C36H22/c1-3-11-23(12-4-1)25-21-22-32-34-27(25)17-9-19-30(34)31-20-10-18-29-26-15-7-8-16-28(26)33(36(32)35(29)31)24-13-5-2-6-14-24/h1-22H. The van der Waals surface area contributed by atoms with Gasteiger partial charge in [0, 0.05) is 0 Å². The van der Waals surface area contributed by atoms with E-state index in [2.05, 4.69) is 133 Å². The van der Waals surface area contributed by atoms with Crippen molar-refractivity contribution >= 4 is 53.9 Å². The monoisotopic (exact) mass is 454 g/mol. The molecule has 0 N–H and O–H groups in total. The highest BCUT2D eigenvalue weighted by atomic mass is 14.2. The van der Waals surface area contributed by atoms with Crippen LogP contribution in [0.3, 0.4) is 0 Å². The Morgan fingerprint density at radius 3 is 1.50 bits per heavy atom. The molecule has 0 aromatic heterocycles. The third kappa shape index (κ3) is 2.59. The zero-order valence-corrected chi connectivity index (χ0v) is 19.7. The van der Waals surface area contributed by atoms with Crippen molar-refractivity contribution in [2.45, 2.75) is 0 Å². The molecule has 0 fully saturated rings. The van der Waals surface area contributed by atoms with Crippen LogP contribution in [0.2, 0.25) is 0 Å². The first kappa shape index (κ1) is 19.6. The summed E-state index contributed by atoms with van der Waals surface area (Å²) in [6.07, 6.45) is 0. The van der Waals surface area contributed by atoms with Gasteiger partial charge < -0.3 is 0 Å². The molecule has 0 radical (unpaired) electrons. The second-order valence-electron chi connectivity index (χ2n) is 9.64. The first-order valence-corrected chi connectivity index (χ1v) is 12.5. The molecule has 8 rings (SSSR count). The molecule has 0 heterocycles. The third-order valence-corrected chi connectivity index (χ3v) is 7.80. The summed E-state index contributed by atoms with van der Waals surface area (Å²) in [7, 11) is 0. The van der Waals surface area contributed by atoms with Crippen LogP contribution >= 0.6 is 0 Å². The fourth-order valence-corrected chi connectivity index (χ4v) is 6.35. The molecule has 0 aliphatic heterocycles. The summed E-state index contributed by atoms with van der Waals surface area (Å²) < 4.78 is 0. The Labute approximate surface area is 209 Å². The maximum atomic E-state index is 2.36. The molecule has 0 amide bonds. The van der Waals surface area contributed by atoms with Gasteiger partial charge in [-0.1, -0.05) is 133 Å². The number of fused-ring (bicyclic) bond motifs is 4. The third-order valence-electron chi connectivity index (χ3n) is 7.80. The predicted octanol–water partition coefficient (Wildman–Crippen LogP) is 10.2. The van der Waals surface area contributed by atoms with Crippen LogP contribution in [0.4, 0.5) is 0 Å². The van der Waals surface area contributed by atoms with Crippen LogP contribution in [-0.4, -0.2) is 0 Å². The molecule has 0 bridgehead atoms. The summed E-state index contributed by atoms with van der Waals surface area (Å²) in [5.41, 5.74) is 5.13. The second-order valence-corrected chi connectivity index (χ2v) is 9.64. The lowest BCUT2D eigenvalue weighted by Gasteiger charge is -2.21. The van der Waals surface area contributed by atoms with Crippen LogP contribution in [0.15, 0.2) is 133 Å². The minimum Gasteiger partial charge on any atom is -0.0622 e. The maximum absolute atomic E-state index is 2.36. The molecule has 0 aliphatic carbocycles. The van der Waals surface area contributed by atoms with Gasteiger partial charge in [-0.2, -0.15) is 0 Å². The lowest BCUT2D eigenvalue weighted by Crippen LogP contribution is -1.93. The highest BCUT2D eigenvalue weighted by Gasteiger charge is 2.20. The Bertz CT molecular complexity index is 2070. The SMILES string of the molecule is c1ccc(-c2ccc3c4c(-c5ccccc5)c5ccccc5c5cccc(c6cccc2c63)c54)cc1. The molecule has 0 nitrogen and oxygen atoms in total. The van der Waals surface area contributed by atoms with Gasteiger partial charge >= 0.3 is 0 Å². The Morgan fingerprint density at radius 2 is 0.778 bits per heavy atom. The fourth-order valence-electron chi connectivity index (χ4n) is 6.35. The average Bonchev–Trinajstić information content (AvgIpc) is 2.96. The van der Waals surface area contributed by atoms with Gasteiger partial charge in [0.1, 0.15) is 0 Å². The first-order chi connectivity index (χ1) is 17.9. The lowest BCUT2D eigenvalue weighted by molar-refractivity contribution is 1.66. The molecule has 0 saturated heterocycles. The van der Waals surface area contributed by atoms with E-state index < -0.39 is 0 Å². The van der Waals surface area contributed by atoms with E-state index in [1.165, 1.54) is 76.1 Å². The first-order valence-electron chi connectivity index (χ1n) is 12.5. The molecular weight excluding hydrogens is 432 g/mol. The largest absolute Gasteiger partial charge is 0.0622 e. The van der Waals surface area contributed by atoms with Gasteiger partial charge in [0.2, 0.25) is 0 Å². The summed E-state index contributed by atoms with van der Waals surface area (Å²) in [5.74, 6) is 0. The lowest BCUT2D eigenvalue weighted by atomic mass is 9.82. The zero-order chi connectivity index (χ0) is 23.6. The van der Waals surface area contributed by atoms with Crippen molar-refractivity contribution < 1.29 is 0 Å². The highest BCUT2D eigenvalue weighted by Crippen LogP contribution is 2.49. The molecule has 36 heavy (non-hydrogen) atoms. The van der Waals surface area contributed by atoms with E-state index in [4.69, 9.17) is 0 Å². The molecule has 0 saturated carbocycles. The van der Waals surface area contributed by atoms with Crippen molar-refractivity contribution in [3.05, 3.63) is 133 Å². The van der Waals surface area contributed by atoms with Crippen molar-refractivity contribution in [3.63, 3.8) is 0 Å². The van der Waals surface area contributed by atoms with Crippen LogP contribution in [0, 0.1) is 0 Å². The van der Waals surface area contributed by atoms with E-state index in [1.807, 2.05) is 0 Å². The van der Waals surface area contributed by atoms with Crippen molar-refractivity contribution in [3.8, 4) is 22.3 Å². The number of hydrogen-bond donors (Lipinski definition) is 0. The van der Waals surface area contributed by atoms with Crippen molar-refractivity contribution in [1.82, 2.24) is 0 Å². The normalized spacial score (nSPS) is 11.9. The summed E-state index contributed by atoms with van der Waals surface area (Å²) in [6.45, 7) is 0. The van der Waals surface area contributed by atoms with Gasteiger partial charge in [0.05, 0.1) is 0 Å². The molecule has 0 spiro atoms. The molecule has 166 valence electrons. The van der Waals surface area contributed by atoms with E-state index >= 15 is 0 Å². The van der Waals surface area contributed by atoms with Gasteiger partial charge in [-0.05, 0) is 76.1 Å². The number of rotatable bonds is 2. The van der Waals surface area contributed by atoms with Crippen LogP contribution in [-0.2, 0) is 0 Å². The van der Waals surface area contributed by atoms with E-state index in [0.717, 1.165) is 0 Å². The predicted molar refractivity (Wildman–Crippen MR) is 156 cm³/mol. The Balaban J connectivity index is 1.70. The van der Waals surface area contributed by atoms with E-state index in [9.17, 15) is 0 Å². The van der Waals surface area contributed by atoms with E-state index in [-0.39, 0.29) is 0 Å². The molecule has 0 unspecified atom stereocenters. The smallest absolute Gasteiger partial charge is 0.000763 e. The number of hydrogen-bond acceptors (Lipinski definition) is 0. The van der Waals surface area contributed by atoms with Gasteiger partial charge in [-0.25, -0.2) is 0 Å². The van der Waals surface area contributed by atoms with Gasteiger partial charge in [-0.3, -0.25) is 0 Å². The highest BCUT2D eigenvalue weighted by molar-refractivity contribution is 6.40.